The van der Waals surface area contributed by atoms with E-state index in [4.69, 9.17) is 9.88 Å². The zero-order valence-corrected chi connectivity index (χ0v) is 24.4. The van der Waals surface area contributed by atoms with Crippen molar-refractivity contribution in [3.8, 4) is 0 Å². The number of rotatable bonds is 9. The first-order valence-electron chi connectivity index (χ1n) is 13.8. The van der Waals surface area contributed by atoms with E-state index < -0.39 is 51.9 Å². The molecule has 0 saturated carbocycles. The minimum absolute atomic E-state index is 0.0962. The second-order valence-corrected chi connectivity index (χ2v) is 12.7. The van der Waals surface area contributed by atoms with Crippen molar-refractivity contribution in [1.29, 1.82) is 0 Å². The van der Waals surface area contributed by atoms with Crippen LogP contribution in [0.1, 0.15) is 29.5 Å². The largest absolute Gasteiger partial charge is 0.427 e. The van der Waals surface area contributed by atoms with E-state index in [9.17, 15) is 32.0 Å². The quantitative estimate of drug-likeness (QED) is 0.376. The molecule has 230 valence electrons. The fraction of sp³-hybridized carbons (Fsp3) is 0.429. The van der Waals surface area contributed by atoms with E-state index in [1.807, 2.05) is 4.90 Å². The molecule has 0 aromatic heterocycles. The number of carbonyl (C=O) groups is 4. The van der Waals surface area contributed by atoms with Gasteiger partial charge in [0.25, 0.3) is 5.91 Å². The number of carbonyl (C=O) groups excluding carboxylic acids is 4. The van der Waals surface area contributed by atoms with Crippen molar-refractivity contribution < 1.29 is 36.7 Å². The van der Waals surface area contributed by atoms with Gasteiger partial charge in [0.05, 0.1) is 5.75 Å². The maximum absolute atomic E-state index is 13.8. The summed E-state index contributed by atoms with van der Waals surface area (Å²) in [5.74, 6) is -1.80. The second-order valence-electron chi connectivity index (χ2n) is 10.9. The Morgan fingerprint density at radius 2 is 1.93 bits per heavy atom. The van der Waals surface area contributed by atoms with Gasteiger partial charge in [-0.2, -0.15) is 0 Å². The summed E-state index contributed by atoms with van der Waals surface area (Å²) in [5.41, 5.74) is 0.859. The molecule has 2 aliphatic heterocycles. The number of benzene rings is 2. The lowest BCUT2D eigenvalue weighted by molar-refractivity contribution is -0.143. The molecule has 0 bridgehead atoms. The Bertz CT molecular complexity index is 1550. The number of imide groups is 1. The van der Waals surface area contributed by atoms with Crippen LogP contribution in [0, 0.1) is 5.82 Å². The van der Waals surface area contributed by atoms with Gasteiger partial charge in [-0.1, -0.05) is 18.2 Å². The number of likely N-dealkylation sites (tertiary alicyclic amines) is 1. The number of anilines is 1. The predicted octanol–water partition coefficient (Wildman–Crippen LogP) is 1.09. The molecule has 1 spiro atoms. The number of fused-ring (bicyclic) bond motifs is 2. The van der Waals surface area contributed by atoms with Crippen molar-refractivity contribution in [3.63, 3.8) is 0 Å². The highest BCUT2D eigenvalue weighted by atomic mass is 32.2. The van der Waals surface area contributed by atoms with Gasteiger partial charge in [0, 0.05) is 56.9 Å². The zero-order chi connectivity index (χ0) is 30.9. The molecule has 5 rings (SSSR count). The molecule has 2 aromatic rings. The number of nitrogens with one attached hydrogen (secondary N) is 2. The summed E-state index contributed by atoms with van der Waals surface area (Å²) in [6.07, 6.45) is 0.218. The Balaban J connectivity index is 1.33. The summed E-state index contributed by atoms with van der Waals surface area (Å²) < 4.78 is 42.1. The lowest BCUT2D eigenvalue weighted by atomic mass is 9.94. The van der Waals surface area contributed by atoms with Crippen molar-refractivity contribution in [3.05, 3.63) is 65.0 Å². The maximum atomic E-state index is 13.8. The lowest BCUT2D eigenvalue weighted by Gasteiger charge is -2.30. The highest BCUT2D eigenvalue weighted by Crippen LogP contribution is 2.46. The van der Waals surface area contributed by atoms with Crippen molar-refractivity contribution in [2.75, 3.05) is 44.3 Å². The summed E-state index contributed by atoms with van der Waals surface area (Å²) in [7, 11) is -2.17. The molecule has 4 N–H and O–H groups in total. The average molecular weight is 617 g/mol. The fourth-order valence-corrected chi connectivity index (χ4v) is 6.40. The number of urea groups is 1. The molecule has 1 aliphatic carbocycles. The third kappa shape index (κ3) is 6.48. The summed E-state index contributed by atoms with van der Waals surface area (Å²) >= 11 is 0. The van der Waals surface area contributed by atoms with Gasteiger partial charge >= 0.3 is 12.1 Å². The minimum Gasteiger partial charge on any atom is -0.427 e. The number of aryl methyl sites for hydroxylation is 1. The number of ether oxygens (including phenoxy) is 1. The van der Waals surface area contributed by atoms with Crippen LogP contribution in [-0.2, 0) is 42.9 Å². The molecular formula is C28H33FN6O7S. The summed E-state index contributed by atoms with van der Waals surface area (Å²) in [5, 5.41) is 10.3. The number of amides is 5. The molecule has 2 atom stereocenters. The molecule has 2 heterocycles. The Labute approximate surface area is 248 Å². The van der Waals surface area contributed by atoms with Crippen LogP contribution >= 0.6 is 0 Å². The van der Waals surface area contributed by atoms with Gasteiger partial charge in [-0.15, -0.1) is 0 Å². The monoisotopic (exact) mass is 616 g/mol. The average Bonchev–Trinajstić information content (AvgIpc) is 3.64. The fourth-order valence-electron chi connectivity index (χ4n) is 5.88. The zero-order valence-electron chi connectivity index (χ0n) is 23.5. The topological polar surface area (TPSA) is 171 Å². The first-order chi connectivity index (χ1) is 20.4. The van der Waals surface area contributed by atoms with E-state index in [0.717, 1.165) is 10.5 Å². The highest BCUT2D eigenvalue weighted by Gasteiger charge is 2.58. The number of sulfonamides is 1. The smallest absolute Gasteiger partial charge is 0.418 e. The highest BCUT2D eigenvalue weighted by molar-refractivity contribution is 7.89. The number of hydrogen-bond acceptors (Lipinski definition) is 8. The molecule has 3 aliphatic rings. The Kier molecular flexibility index (Phi) is 8.40. The molecule has 2 aromatic carbocycles. The number of nitrogens with zero attached hydrogens (tertiary/aromatic N) is 3. The van der Waals surface area contributed by atoms with Gasteiger partial charge in [0.1, 0.15) is 12.4 Å². The molecule has 13 nitrogen and oxygen atoms in total. The second kappa shape index (κ2) is 11.9. The van der Waals surface area contributed by atoms with Gasteiger partial charge in [-0.25, -0.2) is 32.4 Å². The van der Waals surface area contributed by atoms with Crippen molar-refractivity contribution in [2.24, 2.45) is 5.14 Å². The van der Waals surface area contributed by atoms with Crippen LogP contribution in [-0.4, -0.2) is 92.1 Å². The van der Waals surface area contributed by atoms with Gasteiger partial charge in [0.2, 0.25) is 21.5 Å². The maximum Gasteiger partial charge on any atom is 0.418 e. The summed E-state index contributed by atoms with van der Waals surface area (Å²) in [6, 6.07) is 9.89. The molecule has 5 amide bonds. The van der Waals surface area contributed by atoms with E-state index in [0.29, 0.717) is 42.7 Å². The number of hydrogen-bond donors (Lipinski definition) is 3. The normalized spacial score (nSPS) is 21.7. The van der Waals surface area contributed by atoms with E-state index in [2.05, 4.69) is 10.6 Å². The van der Waals surface area contributed by atoms with Crippen LogP contribution in [0.15, 0.2) is 42.5 Å². The van der Waals surface area contributed by atoms with Crippen LogP contribution in [0.3, 0.4) is 0 Å². The van der Waals surface area contributed by atoms with Crippen molar-refractivity contribution >= 4 is 39.6 Å². The Hall–Kier alpha value is -4.08. The number of nitrogens with two attached hydrogens (primary N) is 1. The Morgan fingerprint density at radius 3 is 2.63 bits per heavy atom. The van der Waals surface area contributed by atoms with Crippen LogP contribution in [0.5, 0.6) is 0 Å². The lowest BCUT2D eigenvalue weighted by Crippen LogP contribution is -2.48. The SMILES string of the molecule is CNC(=O)Nc1ccc2c(c1)CC[C@@]21OC(=O)N(CC(=O)N(Cc2ccc(F)cc2)[C@@H]2CCN(CCS(N)(=O)=O)C2)C1=O. The first-order valence-corrected chi connectivity index (χ1v) is 15.5. The molecule has 2 fully saturated rings. The minimum atomic E-state index is -3.66. The predicted molar refractivity (Wildman–Crippen MR) is 152 cm³/mol. The number of halogens is 1. The van der Waals surface area contributed by atoms with E-state index in [1.165, 1.54) is 24.1 Å². The molecule has 15 heteroatoms. The molecule has 43 heavy (non-hydrogen) atoms. The van der Waals surface area contributed by atoms with E-state index in [1.54, 1.807) is 30.3 Å². The molecule has 0 radical (unpaired) electrons. The van der Waals surface area contributed by atoms with Crippen LogP contribution in [0.25, 0.3) is 0 Å². The van der Waals surface area contributed by atoms with Gasteiger partial charge < -0.3 is 25.2 Å². The van der Waals surface area contributed by atoms with Gasteiger partial charge in [-0.05, 0) is 48.2 Å². The van der Waals surface area contributed by atoms with Gasteiger partial charge in [-0.3, -0.25) is 9.59 Å². The van der Waals surface area contributed by atoms with E-state index >= 15 is 0 Å². The van der Waals surface area contributed by atoms with Crippen molar-refractivity contribution in [2.45, 2.75) is 37.5 Å². The van der Waals surface area contributed by atoms with Crippen LogP contribution in [0.4, 0.5) is 19.7 Å². The summed E-state index contributed by atoms with van der Waals surface area (Å²) in [6.45, 7) is 0.630. The molecule has 2 saturated heterocycles. The molecule has 0 unspecified atom stereocenters. The number of primary sulfonamides is 1. The van der Waals surface area contributed by atoms with Crippen LogP contribution in [0.2, 0.25) is 0 Å². The Morgan fingerprint density at radius 1 is 1.19 bits per heavy atom. The third-order valence-electron chi connectivity index (χ3n) is 8.10. The standard InChI is InChI=1S/C28H33FN6O7S/c1-31-26(38)32-21-6-7-23-19(14-21)8-10-28(23)25(37)35(27(39)42-28)17-24(36)34(15-18-2-4-20(29)5-3-18)22-9-11-33(16-22)12-13-43(30,40)41/h2-7,14,22H,8-13,15-17H2,1H3,(H2,30,40,41)(H2,31,32,38)/t22-,28-/m1/s1. The van der Waals surface area contributed by atoms with Crippen LogP contribution < -0.4 is 15.8 Å². The molecular weight excluding hydrogens is 583 g/mol. The third-order valence-corrected chi connectivity index (χ3v) is 8.86. The van der Waals surface area contributed by atoms with Crippen molar-refractivity contribution in [1.82, 2.24) is 20.0 Å². The summed E-state index contributed by atoms with van der Waals surface area (Å²) in [4.78, 5) is 56.5. The first kappa shape index (κ1) is 30.4. The van der Waals surface area contributed by atoms with Gasteiger partial charge in [0.15, 0.2) is 0 Å². The van der Waals surface area contributed by atoms with E-state index in [-0.39, 0.29) is 31.3 Å².